The van der Waals surface area contributed by atoms with Gasteiger partial charge in [0.15, 0.2) is 12.0 Å². The first kappa shape index (κ1) is 11.8. The third kappa shape index (κ3) is 2.41. The van der Waals surface area contributed by atoms with Crippen LogP contribution in [0.3, 0.4) is 0 Å². The molecule has 0 unspecified atom stereocenters. The zero-order valence-corrected chi connectivity index (χ0v) is 8.18. The monoisotopic (exact) mass is 225 g/mol. The Bertz CT molecular complexity index is 445. The molecular formula is C10H8FNO4. The lowest BCUT2D eigenvalue weighted by atomic mass is 10.2. The molecule has 6 heteroatoms. The van der Waals surface area contributed by atoms with Crippen molar-refractivity contribution in [3.05, 3.63) is 46.3 Å². The molecule has 0 amide bonds. The van der Waals surface area contributed by atoms with E-state index in [2.05, 4.69) is 6.58 Å². The first-order valence-electron chi connectivity index (χ1n) is 4.27. The van der Waals surface area contributed by atoms with Crippen molar-refractivity contribution >= 4 is 12.0 Å². The minimum Gasteiger partial charge on any atom is -0.483 e. The SMILES string of the molecule is C=CCOc1cc(F)c(C=O)cc1[N+](=O)[O-]. The number of nitro benzene ring substituents is 1. The van der Waals surface area contributed by atoms with Gasteiger partial charge in [0, 0.05) is 12.1 Å². The number of nitro groups is 1. The molecule has 1 aromatic carbocycles. The van der Waals surface area contributed by atoms with E-state index in [1.165, 1.54) is 6.08 Å². The van der Waals surface area contributed by atoms with E-state index >= 15 is 0 Å². The topological polar surface area (TPSA) is 69.4 Å². The van der Waals surface area contributed by atoms with Crippen LogP contribution in [0.5, 0.6) is 5.75 Å². The van der Waals surface area contributed by atoms with Gasteiger partial charge in [-0.25, -0.2) is 4.39 Å². The molecule has 0 aliphatic carbocycles. The molecule has 0 radical (unpaired) electrons. The molecule has 0 fully saturated rings. The lowest BCUT2D eigenvalue weighted by Gasteiger charge is -2.05. The maximum absolute atomic E-state index is 13.2. The van der Waals surface area contributed by atoms with Crippen LogP contribution < -0.4 is 4.74 Å². The molecule has 0 aliphatic rings. The molecule has 0 heterocycles. The molecule has 0 N–H and O–H groups in total. The summed E-state index contributed by atoms with van der Waals surface area (Å²) in [5.41, 5.74) is -0.831. The minimum absolute atomic E-state index is 0.0146. The van der Waals surface area contributed by atoms with Crippen molar-refractivity contribution in [1.29, 1.82) is 0 Å². The summed E-state index contributed by atoms with van der Waals surface area (Å²) in [7, 11) is 0. The predicted octanol–water partition coefficient (Wildman–Crippen LogP) is 2.11. The van der Waals surface area contributed by atoms with E-state index in [0.717, 1.165) is 12.1 Å². The fraction of sp³-hybridized carbons (Fsp3) is 0.100. The van der Waals surface area contributed by atoms with Gasteiger partial charge >= 0.3 is 5.69 Å². The molecule has 0 spiro atoms. The number of hydrogen-bond acceptors (Lipinski definition) is 4. The standard InChI is InChI=1S/C10H8FNO4/c1-2-3-16-10-5-8(11)7(6-13)4-9(10)12(14)15/h2,4-6H,1,3H2. The summed E-state index contributed by atoms with van der Waals surface area (Å²) in [6.07, 6.45) is 1.58. The molecule has 1 aromatic rings. The third-order valence-electron chi connectivity index (χ3n) is 1.76. The molecule has 84 valence electrons. The lowest BCUT2D eigenvalue weighted by Crippen LogP contribution is -2.01. The number of carbonyl (C=O) groups excluding carboxylic acids is 1. The molecule has 0 aromatic heterocycles. The Morgan fingerprint density at radius 1 is 1.56 bits per heavy atom. The molecular weight excluding hydrogens is 217 g/mol. The highest BCUT2D eigenvalue weighted by atomic mass is 19.1. The highest BCUT2D eigenvalue weighted by Crippen LogP contribution is 2.29. The zero-order chi connectivity index (χ0) is 12.1. The van der Waals surface area contributed by atoms with Gasteiger partial charge in [-0.2, -0.15) is 0 Å². The maximum atomic E-state index is 13.2. The van der Waals surface area contributed by atoms with Gasteiger partial charge in [0.05, 0.1) is 10.5 Å². The van der Waals surface area contributed by atoms with Crippen LogP contribution in [0.2, 0.25) is 0 Å². The fourth-order valence-electron chi connectivity index (χ4n) is 1.06. The van der Waals surface area contributed by atoms with E-state index < -0.39 is 16.4 Å². The predicted molar refractivity (Wildman–Crippen MR) is 54.1 cm³/mol. The second-order valence-corrected chi connectivity index (χ2v) is 2.82. The number of rotatable bonds is 5. The van der Waals surface area contributed by atoms with Crippen LogP contribution in [-0.2, 0) is 0 Å². The summed E-state index contributed by atoms with van der Waals surface area (Å²) >= 11 is 0. The van der Waals surface area contributed by atoms with Gasteiger partial charge in [-0.1, -0.05) is 12.7 Å². The van der Waals surface area contributed by atoms with Crippen molar-refractivity contribution < 1.29 is 18.8 Å². The Hall–Kier alpha value is -2.24. The van der Waals surface area contributed by atoms with Crippen molar-refractivity contribution in [3.63, 3.8) is 0 Å². The van der Waals surface area contributed by atoms with Crippen molar-refractivity contribution in [2.24, 2.45) is 0 Å². The summed E-state index contributed by atoms with van der Waals surface area (Å²) in [6, 6.07) is 1.64. The van der Waals surface area contributed by atoms with Crippen LogP contribution in [0.1, 0.15) is 10.4 Å². The van der Waals surface area contributed by atoms with Gasteiger partial charge in [0.1, 0.15) is 12.4 Å². The Morgan fingerprint density at radius 3 is 2.75 bits per heavy atom. The summed E-state index contributed by atoms with van der Waals surface area (Å²) in [6.45, 7) is 3.38. The van der Waals surface area contributed by atoms with E-state index in [4.69, 9.17) is 4.74 Å². The molecule has 0 aliphatic heterocycles. The molecule has 5 nitrogen and oxygen atoms in total. The minimum atomic E-state index is -0.861. The van der Waals surface area contributed by atoms with Gasteiger partial charge < -0.3 is 4.74 Å². The van der Waals surface area contributed by atoms with Gasteiger partial charge in [0.2, 0.25) is 0 Å². The zero-order valence-electron chi connectivity index (χ0n) is 8.18. The van der Waals surface area contributed by atoms with Crippen LogP contribution >= 0.6 is 0 Å². The average Bonchev–Trinajstić information content (AvgIpc) is 2.25. The Morgan fingerprint density at radius 2 is 2.25 bits per heavy atom. The summed E-state index contributed by atoms with van der Waals surface area (Å²) < 4.78 is 18.1. The second kappa shape index (κ2) is 5.01. The smallest absolute Gasteiger partial charge is 0.311 e. The molecule has 0 atom stereocenters. The number of ether oxygens (including phenoxy) is 1. The highest BCUT2D eigenvalue weighted by Gasteiger charge is 2.19. The molecule has 1 rings (SSSR count). The summed E-state index contributed by atoms with van der Waals surface area (Å²) in [5.74, 6) is -1.09. The van der Waals surface area contributed by atoms with E-state index in [0.29, 0.717) is 0 Å². The quantitative estimate of drug-likeness (QED) is 0.333. The Balaban J connectivity index is 3.23. The first-order chi connectivity index (χ1) is 7.60. The number of halogens is 1. The Kier molecular flexibility index (Phi) is 3.71. The number of carbonyl (C=O) groups is 1. The van der Waals surface area contributed by atoms with Gasteiger partial charge in [-0.05, 0) is 0 Å². The summed E-state index contributed by atoms with van der Waals surface area (Å²) in [5, 5.41) is 10.6. The average molecular weight is 225 g/mol. The van der Waals surface area contributed by atoms with Crippen LogP contribution in [0.4, 0.5) is 10.1 Å². The third-order valence-corrected chi connectivity index (χ3v) is 1.76. The maximum Gasteiger partial charge on any atom is 0.311 e. The Labute approximate surface area is 90.3 Å². The van der Waals surface area contributed by atoms with E-state index in [-0.39, 0.29) is 24.2 Å². The first-order valence-corrected chi connectivity index (χ1v) is 4.27. The number of hydrogen-bond donors (Lipinski definition) is 0. The van der Waals surface area contributed by atoms with Gasteiger partial charge in [-0.3, -0.25) is 14.9 Å². The van der Waals surface area contributed by atoms with Crippen LogP contribution in [-0.4, -0.2) is 17.8 Å². The van der Waals surface area contributed by atoms with Gasteiger partial charge in [-0.15, -0.1) is 0 Å². The lowest BCUT2D eigenvalue weighted by molar-refractivity contribution is -0.385. The largest absolute Gasteiger partial charge is 0.483 e. The van der Waals surface area contributed by atoms with Crippen molar-refractivity contribution in [2.45, 2.75) is 0 Å². The van der Waals surface area contributed by atoms with E-state index in [1.807, 2.05) is 0 Å². The molecule has 16 heavy (non-hydrogen) atoms. The van der Waals surface area contributed by atoms with Crippen molar-refractivity contribution in [3.8, 4) is 5.75 Å². The highest BCUT2D eigenvalue weighted by molar-refractivity contribution is 5.77. The van der Waals surface area contributed by atoms with Gasteiger partial charge in [0.25, 0.3) is 0 Å². The van der Waals surface area contributed by atoms with Crippen molar-refractivity contribution in [2.75, 3.05) is 6.61 Å². The van der Waals surface area contributed by atoms with Crippen molar-refractivity contribution in [1.82, 2.24) is 0 Å². The van der Waals surface area contributed by atoms with E-state index in [1.54, 1.807) is 0 Å². The number of nitrogens with zero attached hydrogens (tertiary/aromatic N) is 1. The molecule has 0 bridgehead atoms. The van der Waals surface area contributed by atoms with E-state index in [9.17, 15) is 19.3 Å². The number of benzene rings is 1. The summed E-state index contributed by atoms with van der Waals surface area (Å²) in [4.78, 5) is 20.3. The number of aldehydes is 1. The fourth-order valence-corrected chi connectivity index (χ4v) is 1.06. The van der Waals surface area contributed by atoms with Crippen LogP contribution in [0, 0.1) is 15.9 Å². The van der Waals surface area contributed by atoms with Crippen LogP contribution in [0.15, 0.2) is 24.8 Å². The molecule has 0 saturated heterocycles. The normalized spacial score (nSPS) is 9.56. The molecule has 0 saturated carbocycles. The second-order valence-electron chi connectivity index (χ2n) is 2.82. The van der Waals surface area contributed by atoms with Crippen LogP contribution in [0.25, 0.3) is 0 Å².